The summed E-state index contributed by atoms with van der Waals surface area (Å²) >= 11 is 2.71. The Balaban J connectivity index is 3.04. The van der Waals surface area contributed by atoms with E-state index in [4.69, 9.17) is 0 Å². The highest BCUT2D eigenvalue weighted by molar-refractivity contribution is 9.11. The molecule has 0 spiro atoms. The van der Waals surface area contributed by atoms with Crippen molar-refractivity contribution in [3.8, 4) is 0 Å². The average molecular weight is 246 g/mol. The molecule has 0 N–H and O–H groups in total. The van der Waals surface area contributed by atoms with E-state index < -0.39 is 10.7 Å². The first kappa shape index (κ1) is 9.85. The van der Waals surface area contributed by atoms with Gasteiger partial charge < -0.3 is 0 Å². The van der Waals surface area contributed by atoms with Crippen LogP contribution in [-0.4, -0.2) is 4.92 Å². The summed E-state index contributed by atoms with van der Waals surface area (Å²) in [6, 6.07) is 5.83. The largest absolute Gasteiger partial charge is 0.311 e. The van der Waals surface area contributed by atoms with Gasteiger partial charge in [-0.15, -0.1) is 0 Å². The van der Waals surface area contributed by atoms with E-state index in [0.717, 1.165) is 6.08 Å². The Bertz CT molecular complexity index is 365. The molecule has 0 fully saturated rings. The van der Waals surface area contributed by atoms with Crippen molar-refractivity contribution in [2.45, 2.75) is 0 Å². The number of rotatable bonds is 2. The second-order valence-corrected chi connectivity index (χ2v) is 3.06. The second kappa shape index (κ2) is 4.13. The zero-order valence-corrected chi connectivity index (χ0v) is 7.99. The van der Waals surface area contributed by atoms with E-state index in [9.17, 15) is 14.5 Å². The molecule has 0 aliphatic carbocycles. The van der Waals surface area contributed by atoms with Crippen molar-refractivity contribution in [2.24, 2.45) is 0 Å². The van der Waals surface area contributed by atoms with Gasteiger partial charge in [0.15, 0.2) is 0 Å². The number of nitrogens with zero attached hydrogens (tertiary/aromatic N) is 1. The van der Waals surface area contributed by atoms with Gasteiger partial charge in [-0.1, -0.05) is 18.2 Å². The third kappa shape index (κ3) is 2.62. The molecule has 13 heavy (non-hydrogen) atoms. The number of benzene rings is 1. The van der Waals surface area contributed by atoms with Crippen LogP contribution in [0, 0.1) is 15.9 Å². The SMILES string of the molecule is O=[N+]([O-])/C(Br)=C/c1ccccc1F. The smallest absolute Gasteiger partial charge is 0.258 e. The molecule has 68 valence electrons. The van der Waals surface area contributed by atoms with Gasteiger partial charge in [0.05, 0.1) is 4.92 Å². The molecule has 0 aromatic heterocycles. The van der Waals surface area contributed by atoms with Crippen LogP contribution in [0.25, 0.3) is 6.08 Å². The number of hydrogen-bond donors (Lipinski definition) is 0. The minimum Gasteiger partial charge on any atom is -0.258 e. The zero-order valence-electron chi connectivity index (χ0n) is 6.41. The molecular weight excluding hydrogens is 241 g/mol. The lowest BCUT2D eigenvalue weighted by Gasteiger charge is -1.93. The van der Waals surface area contributed by atoms with Crippen LogP contribution >= 0.6 is 15.9 Å². The summed E-state index contributed by atoms with van der Waals surface area (Å²) in [7, 11) is 0. The molecule has 0 atom stereocenters. The van der Waals surface area contributed by atoms with Crippen molar-refractivity contribution in [3.05, 3.63) is 50.4 Å². The van der Waals surface area contributed by atoms with Crippen LogP contribution in [0.5, 0.6) is 0 Å². The maximum Gasteiger partial charge on any atom is 0.311 e. The lowest BCUT2D eigenvalue weighted by molar-refractivity contribution is -0.407. The minimum absolute atomic E-state index is 0.186. The zero-order chi connectivity index (χ0) is 9.84. The van der Waals surface area contributed by atoms with Gasteiger partial charge in [-0.25, -0.2) is 4.39 Å². The topological polar surface area (TPSA) is 43.1 Å². The Labute approximate surface area is 82.2 Å². The Morgan fingerprint density at radius 1 is 1.54 bits per heavy atom. The minimum atomic E-state index is -0.632. The molecule has 0 heterocycles. The average Bonchev–Trinajstić information content (AvgIpc) is 2.08. The molecule has 0 unspecified atom stereocenters. The van der Waals surface area contributed by atoms with Gasteiger partial charge in [-0.05, 0) is 6.07 Å². The third-order valence-electron chi connectivity index (χ3n) is 1.35. The fraction of sp³-hybridized carbons (Fsp3) is 0. The van der Waals surface area contributed by atoms with Gasteiger partial charge in [0, 0.05) is 27.6 Å². The molecule has 0 bridgehead atoms. The van der Waals surface area contributed by atoms with Crippen LogP contribution in [0.4, 0.5) is 4.39 Å². The normalized spacial score (nSPS) is 11.4. The van der Waals surface area contributed by atoms with Crippen LogP contribution in [-0.2, 0) is 0 Å². The Kier molecular flexibility index (Phi) is 3.13. The van der Waals surface area contributed by atoms with Crippen molar-refractivity contribution in [3.63, 3.8) is 0 Å². The standard InChI is InChI=1S/C8H5BrFNO2/c9-8(11(12)13)5-6-3-1-2-4-7(6)10/h1-5H/b8-5+. The Hall–Kier alpha value is -1.23. The van der Waals surface area contributed by atoms with E-state index in [2.05, 4.69) is 15.9 Å². The molecule has 0 radical (unpaired) electrons. The first-order valence-electron chi connectivity index (χ1n) is 3.37. The predicted molar refractivity (Wildman–Crippen MR) is 50.3 cm³/mol. The number of nitro groups is 1. The molecule has 1 aromatic rings. The van der Waals surface area contributed by atoms with Gasteiger partial charge in [-0.3, -0.25) is 10.1 Å². The molecule has 1 rings (SSSR count). The summed E-state index contributed by atoms with van der Waals surface area (Å²) in [6.45, 7) is 0. The first-order chi connectivity index (χ1) is 6.11. The summed E-state index contributed by atoms with van der Waals surface area (Å²) in [5, 5.41) is 10.2. The molecule has 1 aromatic carbocycles. The Morgan fingerprint density at radius 2 is 2.15 bits per heavy atom. The van der Waals surface area contributed by atoms with E-state index in [1.54, 1.807) is 6.07 Å². The van der Waals surface area contributed by atoms with Gasteiger partial charge >= 0.3 is 4.61 Å². The molecule has 3 nitrogen and oxygen atoms in total. The fourth-order valence-electron chi connectivity index (χ4n) is 0.773. The lowest BCUT2D eigenvalue weighted by Crippen LogP contribution is -1.91. The molecule has 0 saturated carbocycles. The maximum absolute atomic E-state index is 12.9. The third-order valence-corrected chi connectivity index (χ3v) is 1.87. The molecule has 0 aliphatic heterocycles. The maximum atomic E-state index is 12.9. The van der Waals surface area contributed by atoms with Gasteiger partial charge in [-0.2, -0.15) is 0 Å². The highest BCUT2D eigenvalue weighted by Gasteiger charge is 2.06. The number of halogens is 2. The van der Waals surface area contributed by atoms with Gasteiger partial charge in [0.1, 0.15) is 5.82 Å². The van der Waals surface area contributed by atoms with Crippen LogP contribution in [0.3, 0.4) is 0 Å². The predicted octanol–water partition coefficient (Wildman–Crippen LogP) is 2.80. The van der Waals surface area contributed by atoms with Crippen molar-refractivity contribution >= 4 is 22.0 Å². The highest BCUT2D eigenvalue weighted by Crippen LogP contribution is 2.15. The van der Waals surface area contributed by atoms with E-state index in [0.29, 0.717) is 0 Å². The highest BCUT2D eigenvalue weighted by atomic mass is 79.9. The van der Waals surface area contributed by atoms with E-state index in [1.165, 1.54) is 18.2 Å². The molecule has 0 amide bonds. The fourth-order valence-corrected chi connectivity index (χ4v) is 1.02. The van der Waals surface area contributed by atoms with Crippen LogP contribution in [0.15, 0.2) is 28.9 Å². The summed E-state index contributed by atoms with van der Waals surface area (Å²) in [6.07, 6.45) is 1.12. The quantitative estimate of drug-likeness (QED) is 0.457. The van der Waals surface area contributed by atoms with E-state index in [1.807, 2.05) is 0 Å². The van der Waals surface area contributed by atoms with Crippen LogP contribution in [0.2, 0.25) is 0 Å². The summed E-state index contributed by atoms with van der Waals surface area (Å²) in [4.78, 5) is 9.55. The van der Waals surface area contributed by atoms with Gasteiger partial charge in [0.25, 0.3) is 0 Å². The summed E-state index contributed by atoms with van der Waals surface area (Å²) in [5.41, 5.74) is 0.186. The van der Waals surface area contributed by atoms with Crippen molar-refractivity contribution in [2.75, 3.05) is 0 Å². The number of hydrogen-bond acceptors (Lipinski definition) is 2. The van der Waals surface area contributed by atoms with E-state index >= 15 is 0 Å². The van der Waals surface area contributed by atoms with Crippen molar-refractivity contribution in [1.82, 2.24) is 0 Å². The van der Waals surface area contributed by atoms with Gasteiger partial charge in [0.2, 0.25) is 0 Å². The van der Waals surface area contributed by atoms with E-state index in [-0.39, 0.29) is 10.2 Å². The lowest BCUT2D eigenvalue weighted by atomic mass is 10.2. The monoisotopic (exact) mass is 245 g/mol. The first-order valence-corrected chi connectivity index (χ1v) is 4.16. The molecule has 0 aliphatic rings. The summed E-state index contributed by atoms with van der Waals surface area (Å²) in [5.74, 6) is -0.485. The van der Waals surface area contributed by atoms with Crippen molar-refractivity contribution in [1.29, 1.82) is 0 Å². The molecule has 0 saturated heterocycles. The van der Waals surface area contributed by atoms with Crippen LogP contribution in [0.1, 0.15) is 5.56 Å². The molecule has 5 heteroatoms. The van der Waals surface area contributed by atoms with Crippen molar-refractivity contribution < 1.29 is 9.31 Å². The Morgan fingerprint density at radius 3 is 2.69 bits per heavy atom. The molecular formula is C8H5BrFNO2. The van der Waals surface area contributed by atoms with Crippen LogP contribution < -0.4 is 0 Å². The second-order valence-electron chi connectivity index (χ2n) is 2.25. The summed E-state index contributed by atoms with van der Waals surface area (Å²) < 4.78 is 12.7.